The molecule has 0 aromatic heterocycles. The van der Waals surface area contributed by atoms with Crippen molar-refractivity contribution in [3.8, 4) is 0 Å². The van der Waals surface area contributed by atoms with Crippen LogP contribution in [0.2, 0.25) is 0 Å². The van der Waals surface area contributed by atoms with Crippen LogP contribution in [0.1, 0.15) is 59.7 Å². The minimum atomic E-state index is -1.50. The number of hydrogen-bond donors (Lipinski definition) is 1. The van der Waals surface area contributed by atoms with Crippen molar-refractivity contribution in [3.05, 3.63) is 88.0 Å². The molecule has 0 heterocycles. The van der Waals surface area contributed by atoms with Crippen LogP contribution in [0.25, 0.3) is 0 Å². The summed E-state index contributed by atoms with van der Waals surface area (Å²) in [5.41, 5.74) is -6.04. The third-order valence-corrected chi connectivity index (χ3v) is 8.20. The first-order chi connectivity index (χ1) is 19.7. The number of nitrogens with zero attached hydrogens (tertiary/aromatic N) is 4. The van der Waals surface area contributed by atoms with Gasteiger partial charge in [0.2, 0.25) is 0 Å². The molecule has 0 amide bonds. The van der Waals surface area contributed by atoms with E-state index in [0.717, 1.165) is 24.3 Å². The fraction of sp³-hybridized carbons (Fsp3) is 0.440. The zero-order valence-electron chi connectivity index (χ0n) is 22.0. The summed E-state index contributed by atoms with van der Waals surface area (Å²) in [6.07, 6.45) is 0.727. The predicted octanol–water partition coefficient (Wildman–Crippen LogP) is 4.03. The van der Waals surface area contributed by atoms with Crippen molar-refractivity contribution in [1.29, 1.82) is 0 Å². The first kappa shape index (κ1) is 29.9. The molecule has 0 spiro atoms. The van der Waals surface area contributed by atoms with E-state index in [1.54, 1.807) is 6.92 Å². The Hall–Kier alpha value is -5.06. The largest absolute Gasteiger partial charge is 0.462 e. The minimum Gasteiger partial charge on any atom is -0.462 e. The molecule has 2 saturated carbocycles. The Morgan fingerprint density at radius 3 is 1.69 bits per heavy atom. The summed E-state index contributed by atoms with van der Waals surface area (Å²) in [5.74, 6) is -2.76. The molecule has 4 atom stereocenters. The van der Waals surface area contributed by atoms with Gasteiger partial charge >= 0.3 is 11.9 Å². The van der Waals surface area contributed by atoms with E-state index in [1.807, 2.05) is 0 Å². The number of non-ortho nitro benzene ring substituents is 4. The van der Waals surface area contributed by atoms with Crippen molar-refractivity contribution in [2.75, 3.05) is 6.61 Å². The Labute approximate surface area is 235 Å². The molecule has 17 nitrogen and oxygen atoms in total. The van der Waals surface area contributed by atoms with Gasteiger partial charge in [-0.1, -0.05) is 6.92 Å². The second-order valence-electron chi connectivity index (χ2n) is 10.5. The van der Waals surface area contributed by atoms with Crippen molar-refractivity contribution in [1.82, 2.24) is 0 Å². The van der Waals surface area contributed by atoms with Crippen LogP contribution in [-0.4, -0.2) is 55.1 Å². The van der Waals surface area contributed by atoms with E-state index in [9.17, 15) is 55.2 Å². The Morgan fingerprint density at radius 1 is 0.786 bits per heavy atom. The number of hydrogen-bond acceptors (Lipinski definition) is 13. The van der Waals surface area contributed by atoms with Crippen LogP contribution in [0.5, 0.6) is 0 Å². The lowest BCUT2D eigenvalue weighted by molar-refractivity contribution is -0.394. The summed E-state index contributed by atoms with van der Waals surface area (Å²) in [4.78, 5) is 66.9. The zero-order chi connectivity index (χ0) is 31.0. The van der Waals surface area contributed by atoms with Gasteiger partial charge in [-0.2, -0.15) is 0 Å². The van der Waals surface area contributed by atoms with Gasteiger partial charge < -0.3 is 14.6 Å². The number of rotatable bonds is 9. The van der Waals surface area contributed by atoms with Crippen LogP contribution in [0.15, 0.2) is 36.4 Å². The molecule has 0 bridgehead atoms. The van der Waals surface area contributed by atoms with Crippen LogP contribution < -0.4 is 0 Å². The first-order valence-electron chi connectivity index (χ1n) is 12.6. The van der Waals surface area contributed by atoms with Gasteiger partial charge in [0.15, 0.2) is 0 Å². The van der Waals surface area contributed by atoms with Crippen LogP contribution in [0.3, 0.4) is 0 Å². The molecule has 2 aromatic rings. The molecule has 2 fully saturated rings. The summed E-state index contributed by atoms with van der Waals surface area (Å²) in [6.45, 7) is 1.35. The van der Waals surface area contributed by atoms with E-state index in [2.05, 4.69) is 0 Å². The van der Waals surface area contributed by atoms with Gasteiger partial charge in [0, 0.05) is 35.6 Å². The smallest absolute Gasteiger partial charge is 0.338 e. The van der Waals surface area contributed by atoms with Crippen LogP contribution in [0.4, 0.5) is 22.7 Å². The third kappa shape index (κ3) is 5.45. The summed E-state index contributed by atoms with van der Waals surface area (Å²) in [6, 6.07) is 4.83. The average Bonchev–Trinajstić information content (AvgIpc) is 3.21. The molecular weight excluding hydrogens is 564 g/mol. The maximum absolute atomic E-state index is 13.0. The normalized spacial score (nSPS) is 24.7. The number of ether oxygens (including phenoxy) is 2. The number of benzene rings is 2. The number of fused-ring (bicyclic) bond motifs is 1. The molecule has 2 aliphatic rings. The molecule has 0 aliphatic heterocycles. The van der Waals surface area contributed by atoms with Gasteiger partial charge in [-0.25, -0.2) is 9.59 Å². The van der Waals surface area contributed by atoms with Crippen LogP contribution in [-0.2, 0) is 9.47 Å². The fourth-order valence-electron chi connectivity index (χ4n) is 5.92. The number of nitro benzene ring substituents is 4. The molecule has 2 aromatic carbocycles. The lowest BCUT2D eigenvalue weighted by atomic mass is 9.62. The molecule has 0 unspecified atom stereocenters. The highest BCUT2D eigenvalue weighted by molar-refractivity contribution is 5.91. The fourth-order valence-corrected chi connectivity index (χ4v) is 5.92. The van der Waals surface area contributed by atoms with Gasteiger partial charge in [0.05, 0.1) is 55.2 Å². The van der Waals surface area contributed by atoms with E-state index in [0.29, 0.717) is 37.8 Å². The molecule has 42 heavy (non-hydrogen) atoms. The average molecular weight is 588 g/mol. The van der Waals surface area contributed by atoms with Crippen molar-refractivity contribution >= 4 is 34.7 Å². The van der Waals surface area contributed by atoms with Gasteiger partial charge in [0.1, 0.15) is 6.10 Å². The van der Waals surface area contributed by atoms with Crippen molar-refractivity contribution < 1.29 is 43.9 Å². The number of esters is 2. The molecule has 1 N–H and O–H groups in total. The van der Waals surface area contributed by atoms with E-state index in [1.165, 1.54) is 0 Å². The zero-order valence-corrected chi connectivity index (χ0v) is 22.0. The maximum atomic E-state index is 13.0. The highest BCUT2D eigenvalue weighted by Crippen LogP contribution is 2.58. The van der Waals surface area contributed by atoms with E-state index < -0.39 is 88.5 Å². The SMILES string of the molecule is C[C@]12CC[C@H](COC(=O)c3cc([N+](=O)[O-])cc([N+](=O)[O-])c3)[C@@]1(O)CCC[C@@H]2OC(=O)c1cc([N+](=O)[O-])cc([N+](=O)[O-])c1. The van der Waals surface area contributed by atoms with Crippen molar-refractivity contribution in [2.24, 2.45) is 11.3 Å². The van der Waals surface area contributed by atoms with Gasteiger partial charge in [-0.15, -0.1) is 0 Å². The number of carbonyl (C=O) groups is 2. The van der Waals surface area contributed by atoms with E-state index in [4.69, 9.17) is 9.47 Å². The standard InChI is InChI=1S/C25H24N4O13/c1-24-6-4-16(13-41-22(30)14-7-17(26(33)34)11-18(8-14)27(35)36)25(24,32)5-2-3-21(24)42-23(31)15-9-19(28(37)38)12-20(10-15)29(39)40/h7-12,16,21,32H,2-6,13H2,1H3/t16-,21+,24-,25+/m1/s1. The van der Waals surface area contributed by atoms with Crippen molar-refractivity contribution in [2.45, 2.75) is 50.7 Å². The van der Waals surface area contributed by atoms with Gasteiger partial charge in [-0.3, -0.25) is 40.5 Å². The Bertz CT molecular complexity index is 1450. The van der Waals surface area contributed by atoms with E-state index in [-0.39, 0.29) is 13.0 Å². The molecule has 222 valence electrons. The van der Waals surface area contributed by atoms with Crippen LogP contribution >= 0.6 is 0 Å². The summed E-state index contributed by atoms with van der Waals surface area (Å²) >= 11 is 0. The molecule has 0 radical (unpaired) electrons. The maximum Gasteiger partial charge on any atom is 0.338 e. The second kappa shape index (κ2) is 11.1. The molecule has 2 aliphatic carbocycles. The second-order valence-corrected chi connectivity index (χ2v) is 10.5. The lowest BCUT2D eigenvalue weighted by Crippen LogP contribution is -2.57. The van der Waals surface area contributed by atoms with Gasteiger partial charge in [-0.05, 0) is 32.1 Å². The van der Waals surface area contributed by atoms with E-state index >= 15 is 0 Å². The number of carbonyl (C=O) groups excluding carboxylic acids is 2. The predicted molar refractivity (Wildman–Crippen MR) is 139 cm³/mol. The molecular formula is C25H24N4O13. The first-order valence-corrected chi connectivity index (χ1v) is 12.6. The summed E-state index contributed by atoms with van der Waals surface area (Å²) < 4.78 is 11.0. The number of nitro groups is 4. The summed E-state index contributed by atoms with van der Waals surface area (Å²) in [7, 11) is 0. The monoisotopic (exact) mass is 588 g/mol. The Morgan fingerprint density at radius 2 is 1.24 bits per heavy atom. The quantitative estimate of drug-likeness (QED) is 0.247. The summed E-state index contributed by atoms with van der Waals surface area (Å²) in [5, 5.41) is 56.5. The third-order valence-electron chi connectivity index (χ3n) is 8.20. The lowest BCUT2D eigenvalue weighted by Gasteiger charge is -2.50. The Kier molecular flexibility index (Phi) is 7.89. The molecule has 17 heteroatoms. The highest BCUT2D eigenvalue weighted by Gasteiger charge is 2.63. The topological polar surface area (TPSA) is 245 Å². The minimum absolute atomic E-state index is 0.254. The Balaban J connectivity index is 1.51. The highest BCUT2D eigenvalue weighted by atomic mass is 16.6. The van der Waals surface area contributed by atoms with Gasteiger partial charge in [0.25, 0.3) is 22.7 Å². The molecule has 4 rings (SSSR count). The van der Waals surface area contributed by atoms with Crippen molar-refractivity contribution in [3.63, 3.8) is 0 Å². The van der Waals surface area contributed by atoms with Crippen LogP contribution in [0, 0.1) is 51.8 Å². The number of aliphatic hydroxyl groups is 1. The molecule has 0 saturated heterocycles.